The van der Waals surface area contributed by atoms with Gasteiger partial charge in [-0.25, -0.2) is 8.42 Å². The van der Waals surface area contributed by atoms with Crippen LogP contribution in [0.15, 0.2) is 29.4 Å². The normalized spacial score (nSPS) is 11.5. The number of likely N-dealkylation sites (N-methyl/N-ethyl adjacent to an activating group) is 1. The summed E-state index contributed by atoms with van der Waals surface area (Å²) in [5, 5.41) is 2.68. The first kappa shape index (κ1) is 15.6. The van der Waals surface area contributed by atoms with Crippen molar-refractivity contribution in [1.82, 2.24) is 14.6 Å². The Labute approximate surface area is 113 Å². The highest BCUT2D eigenvalue weighted by Crippen LogP contribution is 2.11. The maximum atomic E-state index is 12.1. The number of unbranched alkanes of at least 4 members (excludes halogenated alkanes) is 1. The monoisotopic (exact) mass is 285 g/mol. The van der Waals surface area contributed by atoms with E-state index in [1.54, 1.807) is 6.07 Å². The van der Waals surface area contributed by atoms with E-state index in [1.165, 1.54) is 25.5 Å². The van der Waals surface area contributed by atoms with Gasteiger partial charge in [-0.3, -0.25) is 9.78 Å². The Morgan fingerprint density at radius 3 is 2.79 bits per heavy atom. The Hall–Kier alpha value is -1.47. The Bertz CT molecular complexity index is 502. The molecular formula is C12H19N3O3S. The summed E-state index contributed by atoms with van der Waals surface area (Å²) < 4.78 is 25.2. The summed E-state index contributed by atoms with van der Waals surface area (Å²) in [5.41, 5.74) is 0. The van der Waals surface area contributed by atoms with Crippen LogP contribution >= 0.6 is 0 Å². The SMILES string of the molecule is CCCCNC(=O)CN(C)S(=O)(=O)c1cccnc1. The standard InChI is InChI=1S/C12H19N3O3S/c1-3-4-8-14-12(16)10-15(2)19(17,18)11-6-5-7-13-9-11/h5-7,9H,3-4,8,10H2,1-2H3,(H,14,16). The number of sulfonamides is 1. The number of nitrogens with zero attached hydrogens (tertiary/aromatic N) is 2. The summed E-state index contributed by atoms with van der Waals surface area (Å²) in [6, 6.07) is 3.00. The fourth-order valence-electron chi connectivity index (χ4n) is 1.43. The average molecular weight is 285 g/mol. The average Bonchev–Trinajstić information content (AvgIpc) is 2.40. The second-order valence-electron chi connectivity index (χ2n) is 4.15. The molecule has 6 nitrogen and oxygen atoms in total. The molecule has 19 heavy (non-hydrogen) atoms. The van der Waals surface area contributed by atoms with Gasteiger partial charge >= 0.3 is 0 Å². The molecule has 0 aliphatic carbocycles. The van der Waals surface area contributed by atoms with Gasteiger partial charge in [-0.15, -0.1) is 0 Å². The van der Waals surface area contributed by atoms with Crippen molar-refractivity contribution < 1.29 is 13.2 Å². The van der Waals surface area contributed by atoms with Gasteiger partial charge in [0.1, 0.15) is 4.90 Å². The van der Waals surface area contributed by atoms with Crippen LogP contribution in [0.25, 0.3) is 0 Å². The molecule has 0 bridgehead atoms. The van der Waals surface area contributed by atoms with Crippen LogP contribution in [0, 0.1) is 0 Å². The van der Waals surface area contributed by atoms with Crippen LogP contribution in [0.1, 0.15) is 19.8 Å². The van der Waals surface area contributed by atoms with E-state index < -0.39 is 10.0 Å². The zero-order chi connectivity index (χ0) is 14.3. The van der Waals surface area contributed by atoms with Gasteiger partial charge in [-0.2, -0.15) is 4.31 Å². The predicted molar refractivity (Wildman–Crippen MR) is 72.0 cm³/mol. The van der Waals surface area contributed by atoms with Crippen molar-refractivity contribution in [1.29, 1.82) is 0 Å². The maximum Gasteiger partial charge on any atom is 0.244 e. The van der Waals surface area contributed by atoms with Gasteiger partial charge in [0.05, 0.1) is 6.54 Å². The summed E-state index contributed by atoms with van der Waals surface area (Å²) in [6.45, 7) is 2.39. The molecule has 1 heterocycles. The number of hydrogen-bond acceptors (Lipinski definition) is 4. The fourth-order valence-corrected chi connectivity index (χ4v) is 2.52. The molecule has 1 rings (SSSR count). The predicted octanol–water partition coefficient (Wildman–Crippen LogP) is 0.618. The van der Waals surface area contributed by atoms with Gasteiger partial charge in [0.2, 0.25) is 15.9 Å². The maximum absolute atomic E-state index is 12.1. The minimum Gasteiger partial charge on any atom is -0.355 e. The highest BCUT2D eigenvalue weighted by molar-refractivity contribution is 7.89. The lowest BCUT2D eigenvalue weighted by Gasteiger charge is -2.16. The second-order valence-corrected chi connectivity index (χ2v) is 6.20. The lowest BCUT2D eigenvalue weighted by atomic mass is 10.3. The molecule has 0 saturated heterocycles. The van der Waals surface area contributed by atoms with Crippen LogP contribution in [0.5, 0.6) is 0 Å². The molecular weight excluding hydrogens is 266 g/mol. The molecule has 0 spiro atoms. The zero-order valence-corrected chi connectivity index (χ0v) is 12.0. The van der Waals surface area contributed by atoms with Crippen molar-refractivity contribution in [3.63, 3.8) is 0 Å². The third-order valence-electron chi connectivity index (χ3n) is 2.56. The molecule has 0 atom stereocenters. The number of nitrogens with one attached hydrogen (secondary N) is 1. The lowest BCUT2D eigenvalue weighted by Crippen LogP contribution is -2.38. The molecule has 1 amide bonds. The van der Waals surface area contributed by atoms with Gasteiger partial charge in [0.25, 0.3) is 0 Å². The van der Waals surface area contributed by atoms with Crippen LogP contribution < -0.4 is 5.32 Å². The van der Waals surface area contributed by atoms with Crippen LogP contribution in [0.2, 0.25) is 0 Å². The minimum atomic E-state index is -3.65. The van der Waals surface area contributed by atoms with Gasteiger partial charge in [-0.1, -0.05) is 13.3 Å². The number of amides is 1. The summed E-state index contributed by atoms with van der Waals surface area (Å²) in [4.78, 5) is 15.4. The summed E-state index contributed by atoms with van der Waals surface area (Å²) >= 11 is 0. The van der Waals surface area contributed by atoms with Gasteiger partial charge in [0, 0.05) is 26.0 Å². The molecule has 1 aromatic heterocycles. The van der Waals surface area contributed by atoms with Crippen molar-refractivity contribution in [3.05, 3.63) is 24.5 Å². The molecule has 106 valence electrons. The van der Waals surface area contributed by atoms with Crippen LogP contribution in [0.4, 0.5) is 0 Å². The van der Waals surface area contributed by atoms with Gasteiger partial charge in [0.15, 0.2) is 0 Å². The van der Waals surface area contributed by atoms with E-state index in [-0.39, 0.29) is 17.3 Å². The van der Waals surface area contributed by atoms with E-state index in [9.17, 15) is 13.2 Å². The topological polar surface area (TPSA) is 79.4 Å². The Kier molecular flexibility index (Phi) is 5.91. The van der Waals surface area contributed by atoms with Gasteiger partial charge in [-0.05, 0) is 18.6 Å². The summed E-state index contributed by atoms with van der Waals surface area (Å²) in [6.07, 6.45) is 4.62. The van der Waals surface area contributed by atoms with E-state index in [2.05, 4.69) is 10.3 Å². The summed E-state index contributed by atoms with van der Waals surface area (Å²) in [5.74, 6) is -0.302. The minimum absolute atomic E-state index is 0.0823. The first-order valence-corrected chi connectivity index (χ1v) is 7.55. The fraction of sp³-hybridized carbons (Fsp3) is 0.500. The second kappa shape index (κ2) is 7.20. The molecule has 0 aliphatic rings. The van der Waals surface area contributed by atoms with Crippen molar-refractivity contribution in [2.45, 2.75) is 24.7 Å². The lowest BCUT2D eigenvalue weighted by molar-refractivity contribution is -0.121. The molecule has 0 saturated carbocycles. The number of carbonyl (C=O) groups excluding carboxylic acids is 1. The molecule has 1 aromatic rings. The van der Waals surface area contributed by atoms with Crippen molar-refractivity contribution in [2.24, 2.45) is 0 Å². The number of pyridine rings is 1. The number of rotatable bonds is 7. The Balaban J connectivity index is 2.62. The Morgan fingerprint density at radius 1 is 1.47 bits per heavy atom. The highest BCUT2D eigenvalue weighted by Gasteiger charge is 2.22. The number of aromatic nitrogens is 1. The number of carbonyl (C=O) groups is 1. The highest BCUT2D eigenvalue weighted by atomic mass is 32.2. The van der Waals surface area contributed by atoms with E-state index in [0.29, 0.717) is 6.54 Å². The van der Waals surface area contributed by atoms with Crippen molar-refractivity contribution in [3.8, 4) is 0 Å². The van der Waals surface area contributed by atoms with Crippen LogP contribution in [0.3, 0.4) is 0 Å². The third-order valence-corrected chi connectivity index (χ3v) is 4.35. The first-order valence-electron chi connectivity index (χ1n) is 6.11. The molecule has 0 aliphatic heterocycles. The third kappa shape index (κ3) is 4.60. The molecule has 0 fully saturated rings. The van der Waals surface area contributed by atoms with E-state index >= 15 is 0 Å². The van der Waals surface area contributed by atoms with Gasteiger partial charge < -0.3 is 5.32 Å². The van der Waals surface area contributed by atoms with E-state index in [4.69, 9.17) is 0 Å². The first-order chi connectivity index (χ1) is 8.98. The van der Waals surface area contributed by atoms with Crippen molar-refractivity contribution in [2.75, 3.05) is 20.1 Å². The largest absolute Gasteiger partial charge is 0.355 e. The van der Waals surface area contributed by atoms with E-state index in [1.807, 2.05) is 6.92 Å². The molecule has 0 radical (unpaired) electrons. The quantitative estimate of drug-likeness (QED) is 0.745. The molecule has 0 unspecified atom stereocenters. The molecule has 0 aromatic carbocycles. The smallest absolute Gasteiger partial charge is 0.244 e. The zero-order valence-electron chi connectivity index (χ0n) is 11.2. The van der Waals surface area contributed by atoms with E-state index in [0.717, 1.165) is 17.1 Å². The molecule has 1 N–H and O–H groups in total. The Morgan fingerprint density at radius 2 is 2.21 bits per heavy atom. The van der Waals surface area contributed by atoms with Crippen LogP contribution in [-0.4, -0.2) is 43.8 Å². The molecule has 7 heteroatoms. The van der Waals surface area contributed by atoms with Crippen LogP contribution in [-0.2, 0) is 14.8 Å². The number of hydrogen-bond donors (Lipinski definition) is 1. The summed E-state index contributed by atoms with van der Waals surface area (Å²) in [7, 11) is -2.28. The van der Waals surface area contributed by atoms with Crippen molar-refractivity contribution >= 4 is 15.9 Å².